The summed E-state index contributed by atoms with van der Waals surface area (Å²) in [7, 11) is 0. The molecule has 11 rings (SSSR count). The highest BCUT2D eigenvalue weighted by Crippen LogP contribution is 2.52. The monoisotopic (exact) mass is 658 g/mol. The second-order valence-corrected chi connectivity index (χ2v) is 13.7. The molecule has 10 aromatic carbocycles. The Bertz CT molecular complexity index is 2920. The van der Waals surface area contributed by atoms with E-state index in [-0.39, 0.29) is 0 Å². The van der Waals surface area contributed by atoms with Crippen LogP contribution < -0.4 is 0 Å². The molecule has 0 unspecified atom stereocenters. The van der Waals surface area contributed by atoms with E-state index in [0.29, 0.717) is 0 Å². The molecule has 0 aliphatic heterocycles. The molecule has 0 fully saturated rings. The van der Waals surface area contributed by atoms with Crippen molar-refractivity contribution in [3.63, 3.8) is 0 Å². The van der Waals surface area contributed by atoms with Crippen LogP contribution in [0.1, 0.15) is 0 Å². The van der Waals surface area contributed by atoms with Gasteiger partial charge in [-0.2, -0.15) is 0 Å². The Morgan fingerprint density at radius 1 is 0.250 bits per heavy atom. The Hall–Kier alpha value is -6.90. The van der Waals surface area contributed by atoms with Crippen molar-refractivity contribution in [3.8, 4) is 44.8 Å². The Balaban J connectivity index is 1.47. The van der Waals surface area contributed by atoms with Crippen molar-refractivity contribution in [2.45, 2.75) is 0 Å². The molecule has 0 atom stereocenters. The van der Waals surface area contributed by atoms with Crippen molar-refractivity contribution >= 4 is 64.6 Å². The maximum absolute atomic E-state index is 4.97. The number of aromatic nitrogens is 2. The van der Waals surface area contributed by atoms with E-state index in [1.54, 1.807) is 0 Å². The van der Waals surface area contributed by atoms with Gasteiger partial charge in [0.1, 0.15) is 11.4 Å². The maximum Gasteiger partial charge on any atom is 0.101 e. The highest BCUT2D eigenvalue weighted by atomic mass is 15.1. The molecule has 2 nitrogen and oxygen atoms in total. The van der Waals surface area contributed by atoms with Crippen LogP contribution in [0, 0.1) is 0 Å². The number of hydrogen-bond donors (Lipinski definition) is 0. The Kier molecular flexibility index (Phi) is 6.28. The van der Waals surface area contributed by atoms with Crippen molar-refractivity contribution < 1.29 is 0 Å². The van der Waals surface area contributed by atoms with Gasteiger partial charge in [-0.1, -0.05) is 170 Å². The molecule has 11 aromatic rings. The third-order valence-electron chi connectivity index (χ3n) is 10.9. The van der Waals surface area contributed by atoms with E-state index < -0.39 is 0 Å². The highest BCUT2D eigenvalue weighted by Gasteiger charge is 2.25. The zero-order valence-electron chi connectivity index (χ0n) is 28.2. The van der Waals surface area contributed by atoms with E-state index in [2.05, 4.69) is 182 Å². The van der Waals surface area contributed by atoms with Crippen LogP contribution in [0.3, 0.4) is 0 Å². The first-order valence-electron chi connectivity index (χ1n) is 17.8. The van der Waals surface area contributed by atoms with Gasteiger partial charge in [-0.15, -0.1) is 10.2 Å². The fourth-order valence-corrected chi connectivity index (χ4v) is 8.67. The minimum atomic E-state index is 0.882. The van der Waals surface area contributed by atoms with Gasteiger partial charge in [-0.3, -0.25) is 0 Å². The molecular formula is C50H30N2. The molecule has 0 saturated heterocycles. The first kappa shape index (κ1) is 28.9. The summed E-state index contributed by atoms with van der Waals surface area (Å²) in [6.07, 6.45) is 0. The quantitative estimate of drug-likeness (QED) is 0.139. The Morgan fingerprint density at radius 3 is 1.00 bits per heavy atom. The minimum absolute atomic E-state index is 0.882. The third-order valence-corrected chi connectivity index (χ3v) is 10.9. The van der Waals surface area contributed by atoms with Crippen molar-refractivity contribution in [2.24, 2.45) is 0 Å². The summed E-state index contributed by atoms with van der Waals surface area (Å²) in [6, 6.07) is 65.8. The summed E-state index contributed by atoms with van der Waals surface area (Å²) in [4.78, 5) is 0. The van der Waals surface area contributed by atoms with Gasteiger partial charge >= 0.3 is 0 Å². The molecule has 2 heteroatoms. The van der Waals surface area contributed by atoms with Crippen molar-refractivity contribution in [2.75, 3.05) is 0 Å². The molecular weight excluding hydrogens is 629 g/mol. The topological polar surface area (TPSA) is 25.8 Å². The van der Waals surface area contributed by atoms with Crippen LogP contribution in [0.5, 0.6) is 0 Å². The first-order valence-corrected chi connectivity index (χ1v) is 17.8. The average molecular weight is 659 g/mol. The number of benzene rings is 10. The smallest absolute Gasteiger partial charge is 0.101 e. The molecule has 0 N–H and O–H groups in total. The lowest BCUT2D eigenvalue weighted by Crippen LogP contribution is -1.98. The second-order valence-electron chi connectivity index (χ2n) is 13.7. The lowest BCUT2D eigenvalue weighted by molar-refractivity contribution is 1.06. The standard InChI is InChI=1S/C50H30N2/c1-5-15-31(16-6-1)45-39-29-41-42(50(36-21-11-4-12-22-36)52-51-49(41)35-19-9-3-10-20-35)30-40(39)46(32-17-7-2-8-18-32)48-38-26-14-24-34-28-27-33-23-13-25-37(47(45)48)43(33)44(34)38/h1-30H. The van der Waals surface area contributed by atoms with E-state index in [0.717, 1.165) is 33.3 Å². The summed E-state index contributed by atoms with van der Waals surface area (Å²) >= 11 is 0. The number of fused-ring (bicyclic) bond motifs is 5. The van der Waals surface area contributed by atoms with Gasteiger partial charge in [0.15, 0.2) is 0 Å². The lowest BCUT2D eigenvalue weighted by Gasteiger charge is -2.23. The fourth-order valence-electron chi connectivity index (χ4n) is 8.67. The number of hydrogen-bond acceptors (Lipinski definition) is 2. The van der Waals surface area contributed by atoms with Crippen LogP contribution in [0.25, 0.3) is 109 Å². The van der Waals surface area contributed by atoms with Crippen LogP contribution in [-0.2, 0) is 0 Å². The molecule has 0 saturated carbocycles. The fraction of sp³-hybridized carbons (Fsp3) is 0. The van der Waals surface area contributed by atoms with Crippen LogP contribution >= 0.6 is 0 Å². The highest BCUT2D eigenvalue weighted by molar-refractivity contribution is 6.41. The molecule has 1 aromatic heterocycles. The molecule has 1 heterocycles. The van der Waals surface area contributed by atoms with E-state index >= 15 is 0 Å². The van der Waals surface area contributed by atoms with Crippen LogP contribution in [0.4, 0.5) is 0 Å². The number of rotatable bonds is 4. The Morgan fingerprint density at radius 2 is 0.615 bits per heavy atom. The van der Waals surface area contributed by atoms with Crippen molar-refractivity contribution in [3.05, 3.63) is 182 Å². The molecule has 240 valence electrons. The van der Waals surface area contributed by atoms with E-state index in [4.69, 9.17) is 10.2 Å². The molecule has 0 radical (unpaired) electrons. The summed E-state index contributed by atoms with van der Waals surface area (Å²) in [5, 5.41) is 24.8. The summed E-state index contributed by atoms with van der Waals surface area (Å²) in [5.41, 5.74) is 8.72. The largest absolute Gasteiger partial charge is 0.149 e. The van der Waals surface area contributed by atoms with E-state index in [1.165, 1.54) is 76.1 Å². The number of nitrogens with zero attached hydrogens (tertiary/aromatic N) is 2. The summed E-state index contributed by atoms with van der Waals surface area (Å²) < 4.78 is 0. The second kappa shape index (κ2) is 11.3. The van der Waals surface area contributed by atoms with E-state index in [9.17, 15) is 0 Å². The van der Waals surface area contributed by atoms with Gasteiger partial charge in [0.2, 0.25) is 0 Å². The maximum atomic E-state index is 4.97. The zero-order chi connectivity index (χ0) is 34.2. The van der Waals surface area contributed by atoms with Gasteiger partial charge in [-0.05, 0) is 88.2 Å². The van der Waals surface area contributed by atoms with Gasteiger partial charge < -0.3 is 0 Å². The lowest BCUT2D eigenvalue weighted by atomic mass is 9.79. The van der Waals surface area contributed by atoms with E-state index in [1.807, 2.05) is 0 Å². The molecule has 0 bridgehead atoms. The van der Waals surface area contributed by atoms with Gasteiger partial charge in [0.05, 0.1) is 0 Å². The molecule has 0 aliphatic carbocycles. The predicted octanol–water partition coefficient (Wildman–Crippen LogP) is 13.5. The molecule has 52 heavy (non-hydrogen) atoms. The van der Waals surface area contributed by atoms with Crippen LogP contribution in [0.15, 0.2) is 182 Å². The average Bonchev–Trinajstić information content (AvgIpc) is 3.22. The Labute approximate surface area is 300 Å². The zero-order valence-corrected chi connectivity index (χ0v) is 28.2. The third kappa shape index (κ3) is 4.19. The van der Waals surface area contributed by atoms with Crippen LogP contribution in [0.2, 0.25) is 0 Å². The summed E-state index contributed by atoms with van der Waals surface area (Å²) in [5.74, 6) is 0. The van der Waals surface area contributed by atoms with Gasteiger partial charge in [-0.25, -0.2) is 0 Å². The minimum Gasteiger partial charge on any atom is -0.149 e. The summed E-state index contributed by atoms with van der Waals surface area (Å²) in [6.45, 7) is 0. The van der Waals surface area contributed by atoms with Crippen molar-refractivity contribution in [1.82, 2.24) is 10.2 Å². The molecule has 0 amide bonds. The van der Waals surface area contributed by atoms with Crippen LogP contribution in [-0.4, -0.2) is 10.2 Å². The van der Waals surface area contributed by atoms with Crippen molar-refractivity contribution in [1.29, 1.82) is 0 Å². The van der Waals surface area contributed by atoms with Gasteiger partial charge in [0, 0.05) is 21.9 Å². The predicted molar refractivity (Wildman–Crippen MR) is 220 cm³/mol. The normalized spacial score (nSPS) is 11.8. The molecule has 0 spiro atoms. The molecule has 0 aliphatic rings. The van der Waals surface area contributed by atoms with Gasteiger partial charge in [0.25, 0.3) is 0 Å². The first-order chi connectivity index (χ1) is 25.8. The SMILES string of the molecule is c1ccc(-c2nnc(-c3ccccc3)c3cc4c(-c5ccccc5)c5c6cccc7ccc8cccc(c5c(-c5ccccc5)c4cc23)c8c76)cc1.